The van der Waals surface area contributed by atoms with Gasteiger partial charge in [-0.2, -0.15) is 8.42 Å². The summed E-state index contributed by atoms with van der Waals surface area (Å²) in [6, 6.07) is 1.89. The Hall–Kier alpha value is 0.127. The van der Waals surface area contributed by atoms with E-state index in [4.69, 9.17) is 4.55 Å². The van der Waals surface area contributed by atoms with Gasteiger partial charge in [-0.1, -0.05) is 32.4 Å². The lowest BCUT2D eigenvalue weighted by Gasteiger charge is -2.06. The van der Waals surface area contributed by atoms with Gasteiger partial charge in [-0.15, -0.1) is 0 Å². The summed E-state index contributed by atoms with van der Waals surface area (Å²) in [6.07, 6.45) is 2.36. The van der Waals surface area contributed by atoms with E-state index in [1.807, 2.05) is 0 Å². The number of hydrogen-bond donors (Lipinski definition) is 1. The van der Waals surface area contributed by atoms with Crippen molar-refractivity contribution in [1.82, 2.24) is 0 Å². The summed E-state index contributed by atoms with van der Waals surface area (Å²) < 4.78 is 29.3. The largest absolute Gasteiger partial charge is 0.286 e. The van der Waals surface area contributed by atoms with Crippen molar-refractivity contribution in [3.63, 3.8) is 0 Å². The summed E-state index contributed by atoms with van der Waals surface area (Å²) in [7, 11) is -4.57. The molecule has 0 aromatic carbocycles. The van der Waals surface area contributed by atoms with Crippen LogP contribution in [0.2, 0.25) is 18.6 Å². The third-order valence-corrected chi connectivity index (χ3v) is 5.76. The molecule has 0 aliphatic heterocycles. The number of hydrogen-bond acceptors (Lipinski definition) is 2. The molecule has 0 spiro atoms. The van der Waals surface area contributed by atoms with Crippen LogP contribution in [0.4, 0.5) is 0 Å². The molecule has 0 aromatic rings. The lowest BCUT2D eigenvalue weighted by molar-refractivity contribution is 0.484. The topological polar surface area (TPSA) is 54.4 Å². The molecule has 0 saturated heterocycles. The maximum atomic E-state index is 10.4. The molecule has 0 bridgehead atoms. The highest BCUT2D eigenvalue weighted by atomic mass is 32.2. The van der Waals surface area contributed by atoms with Crippen LogP contribution in [0, 0.1) is 0 Å². The van der Waals surface area contributed by atoms with Gasteiger partial charge in [-0.25, -0.2) is 0 Å². The van der Waals surface area contributed by atoms with Crippen LogP contribution in [-0.2, 0) is 10.1 Å². The van der Waals surface area contributed by atoms with Gasteiger partial charge in [0.1, 0.15) is 0 Å². The lowest BCUT2D eigenvalue weighted by Crippen LogP contribution is -2.13. The van der Waals surface area contributed by atoms with Gasteiger partial charge < -0.3 is 0 Å². The van der Waals surface area contributed by atoms with Gasteiger partial charge in [-0.3, -0.25) is 4.55 Å². The van der Waals surface area contributed by atoms with Crippen LogP contribution in [0.5, 0.6) is 0 Å². The second-order valence-corrected chi connectivity index (χ2v) is 8.26. The normalized spacial score (nSPS) is 14.6. The van der Waals surface area contributed by atoms with E-state index in [-0.39, 0.29) is 5.75 Å². The summed E-state index contributed by atoms with van der Waals surface area (Å²) in [5.41, 5.74) is 0. The maximum absolute atomic E-state index is 10.4. The highest BCUT2D eigenvalue weighted by Gasteiger charge is 2.09. The standard InChI is InChI=1S/C7H18O3SSi/c1-3-4-6-12(2)7-5-11(8,9)10/h12H,3-7H2,1-2H3,(H,8,9,10). The van der Waals surface area contributed by atoms with Crippen molar-refractivity contribution in [3.8, 4) is 0 Å². The van der Waals surface area contributed by atoms with E-state index >= 15 is 0 Å². The molecule has 0 amide bonds. The minimum Gasteiger partial charge on any atom is -0.286 e. The highest BCUT2D eigenvalue weighted by molar-refractivity contribution is 7.85. The Labute approximate surface area is 76.5 Å². The van der Waals surface area contributed by atoms with Crippen LogP contribution in [-0.4, -0.2) is 27.5 Å². The summed E-state index contributed by atoms with van der Waals surface area (Å²) in [6.45, 7) is 4.28. The van der Waals surface area contributed by atoms with E-state index < -0.39 is 18.9 Å². The van der Waals surface area contributed by atoms with Gasteiger partial charge in [0.25, 0.3) is 10.1 Å². The molecule has 0 aliphatic rings. The van der Waals surface area contributed by atoms with Crippen LogP contribution >= 0.6 is 0 Å². The maximum Gasteiger partial charge on any atom is 0.264 e. The third-order valence-electron chi connectivity index (χ3n) is 1.92. The minimum atomic E-state index is -3.71. The molecule has 3 nitrogen and oxygen atoms in total. The van der Waals surface area contributed by atoms with E-state index in [1.54, 1.807) is 0 Å². The van der Waals surface area contributed by atoms with Crippen molar-refractivity contribution in [2.24, 2.45) is 0 Å². The summed E-state index contributed by atoms with van der Waals surface area (Å²) >= 11 is 0. The smallest absolute Gasteiger partial charge is 0.264 e. The fourth-order valence-corrected chi connectivity index (χ4v) is 5.24. The Balaban J connectivity index is 3.51. The van der Waals surface area contributed by atoms with Crippen LogP contribution in [0.3, 0.4) is 0 Å². The molecule has 0 aromatic heterocycles. The molecular formula is C7H18O3SSi. The molecule has 0 fully saturated rings. The molecule has 0 aliphatic carbocycles. The zero-order chi connectivity index (χ0) is 9.61. The Kier molecular flexibility index (Phi) is 5.78. The van der Waals surface area contributed by atoms with Gasteiger partial charge in [0.2, 0.25) is 0 Å². The van der Waals surface area contributed by atoms with Gasteiger partial charge in [0.15, 0.2) is 0 Å². The first-order valence-corrected chi connectivity index (χ1v) is 8.80. The molecule has 0 heterocycles. The summed E-state index contributed by atoms with van der Waals surface area (Å²) in [5, 5.41) is 0. The van der Waals surface area contributed by atoms with Crippen LogP contribution in [0.1, 0.15) is 19.8 Å². The molecule has 5 heteroatoms. The monoisotopic (exact) mass is 210 g/mol. The summed E-state index contributed by atoms with van der Waals surface area (Å²) in [4.78, 5) is 0. The zero-order valence-corrected chi connectivity index (χ0v) is 9.76. The van der Waals surface area contributed by atoms with Crippen LogP contribution < -0.4 is 0 Å². The van der Waals surface area contributed by atoms with E-state index in [2.05, 4.69) is 13.5 Å². The molecule has 1 atom stereocenters. The van der Waals surface area contributed by atoms with Crippen molar-refractivity contribution in [2.45, 2.75) is 38.4 Å². The van der Waals surface area contributed by atoms with Crippen molar-refractivity contribution >= 4 is 18.9 Å². The van der Waals surface area contributed by atoms with E-state index in [1.165, 1.54) is 18.9 Å². The molecular weight excluding hydrogens is 192 g/mol. The van der Waals surface area contributed by atoms with Crippen molar-refractivity contribution in [3.05, 3.63) is 0 Å². The van der Waals surface area contributed by atoms with Gasteiger partial charge >= 0.3 is 0 Å². The van der Waals surface area contributed by atoms with Crippen LogP contribution in [0.25, 0.3) is 0 Å². The number of unbranched alkanes of at least 4 members (excludes halogenated alkanes) is 1. The second-order valence-electron chi connectivity index (χ2n) is 3.32. The SMILES string of the molecule is CCCC[SiH](C)CCS(=O)(=O)O. The molecule has 0 radical (unpaired) electrons. The third kappa shape index (κ3) is 8.23. The zero-order valence-electron chi connectivity index (χ0n) is 7.78. The molecule has 1 N–H and O–H groups in total. The van der Waals surface area contributed by atoms with E-state index in [0.717, 1.165) is 0 Å². The Bertz CT molecular complexity index is 201. The average Bonchev–Trinajstić information content (AvgIpc) is 1.95. The van der Waals surface area contributed by atoms with Crippen LogP contribution in [0.15, 0.2) is 0 Å². The van der Waals surface area contributed by atoms with Crippen molar-refractivity contribution in [2.75, 3.05) is 5.75 Å². The van der Waals surface area contributed by atoms with E-state index in [9.17, 15) is 8.42 Å². The van der Waals surface area contributed by atoms with Crippen molar-refractivity contribution < 1.29 is 13.0 Å². The molecule has 0 rings (SSSR count). The minimum absolute atomic E-state index is 0.0376. The lowest BCUT2D eigenvalue weighted by atomic mass is 10.4. The highest BCUT2D eigenvalue weighted by Crippen LogP contribution is 2.06. The average molecular weight is 210 g/mol. The van der Waals surface area contributed by atoms with Gasteiger partial charge in [0, 0.05) is 8.80 Å². The second kappa shape index (κ2) is 5.72. The molecule has 12 heavy (non-hydrogen) atoms. The first-order valence-electron chi connectivity index (χ1n) is 4.41. The van der Waals surface area contributed by atoms with Crippen molar-refractivity contribution in [1.29, 1.82) is 0 Å². The first-order chi connectivity index (χ1) is 5.45. The fraction of sp³-hybridized carbons (Fsp3) is 1.00. The number of rotatable bonds is 6. The Morgan fingerprint density at radius 2 is 1.92 bits per heavy atom. The first kappa shape index (κ1) is 12.1. The molecule has 0 saturated carbocycles. The Morgan fingerprint density at radius 3 is 2.33 bits per heavy atom. The van der Waals surface area contributed by atoms with Gasteiger partial charge in [-0.05, 0) is 6.04 Å². The Morgan fingerprint density at radius 1 is 1.33 bits per heavy atom. The molecule has 74 valence electrons. The quantitative estimate of drug-likeness (QED) is 0.534. The predicted octanol–water partition coefficient (Wildman–Crippen LogP) is 1.53. The predicted molar refractivity (Wildman–Crippen MR) is 54.0 cm³/mol. The van der Waals surface area contributed by atoms with Gasteiger partial charge in [0.05, 0.1) is 5.75 Å². The molecule has 1 unspecified atom stereocenters. The fourth-order valence-electron chi connectivity index (χ4n) is 1.05. The van der Waals surface area contributed by atoms with E-state index in [0.29, 0.717) is 6.04 Å². The summed E-state index contributed by atoms with van der Waals surface area (Å²) in [5.74, 6) is -0.0376.